The van der Waals surface area contributed by atoms with Crippen molar-refractivity contribution >= 4 is 33.3 Å². The Balaban J connectivity index is 1.62. The molecule has 1 atom stereocenters. The van der Waals surface area contributed by atoms with E-state index >= 15 is 0 Å². The van der Waals surface area contributed by atoms with E-state index in [0.717, 1.165) is 41.2 Å². The Bertz CT molecular complexity index is 974. The summed E-state index contributed by atoms with van der Waals surface area (Å²) in [6.45, 7) is 0.772. The molecule has 0 N–H and O–H groups in total. The maximum absolute atomic E-state index is 13.1. The smallest absolute Gasteiger partial charge is 0.263 e. The van der Waals surface area contributed by atoms with E-state index in [1.54, 1.807) is 23.1 Å². The van der Waals surface area contributed by atoms with Gasteiger partial charge in [-0.3, -0.25) is 9.36 Å². The van der Waals surface area contributed by atoms with Crippen LogP contribution in [0.15, 0.2) is 40.3 Å². The molecule has 3 nitrogen and oxygen atoms in total. The van der Waals surface area contributed by atoms with Gasteiger partial charge >= 0.3 is 0 Å². The van der Waals surface area contributed by atoms with Crippen molar-refractivity contribution in [2.24, 2.45) is 0 Å². The fourth-order valence-electron chi connectivity index (χ4n) is 3.84. The first-order chi connectivity index (χ1) is 11.8. The van der Waals surface area contributed by atoms with Crippen molar-refractivity contribution < 1.29 is 0 Å². The largest absolute Gasteiger partial charge is 0.287 e. The molecule has 0 saturated carbocycles. The summed E-state index contributed by atoms with van der Waals surface area (Å²) < 4.78 is 1.91. The van der Waals surface area contributed by atoms with Gasteiger partial charge in [-0.15, -0.1) is 11.3 Å². The molecular weight excluding hydrogens is 336 g/mol. The number of hydrogen-bond donors (Lipinski definition) is 0. The van der Waals surface area contributed by atoms with E-state index in [2.05, 4.69) is 24.3 Å². The van der Waals surface area contributed by atoms with Crippen molar-refractivity contribution in [1.29, 1.82) is 0 Å². The molecule has 0 radical (unpaired) electrons. The van der Waals surface area contributed by atoms with Crippen LogP contribution in [0.3, 0.4) is 0 Å². The summed E-state index contributed by atoms with van der Waals surface area (Å²) in [6, 6.07) is 10.6. The van der Waals surface area contributed by atoms with Crippen molar-refractivity contribution in [2.75, 3.05) is 0 Å². The normalized spacial score (nSPS) is 19.9. The maximum atomic E-state index is 13.1. The Morgan fingerprint density at radius 2 is 1.96 bits per heavy atom. The minimum Gasteiger partial charge on any atom is -0.287 e. The van der Waals surface area contributed by atoms with Gasteiger partial charge in [0.1, 0.15) is 4.83 Å². The summed E-state index contributed by atoms with van der Waals surface area (Å²) in [5.41, 5.74) is 2.81. The van der Waals surface area contributed by atoms with Crippen LogP contribution in [-0.2, 0) is 19.4 Å². The molecule has 0 unspecified atom stereocenters. The summed E-state index contributed by atoms with van der Waals surface area (Å²) in [7, 11) is 0. The Labute approximate surface area is 148 Å². The Hall–Kier alpha value is -1.59. The first-order valence-electron chi connectivity index (χ1n) is 8.58. The van der Waals surface area contributed by atoms with Crippen molar-refractivity contribution in [2.45, 2.75) is 49.1 Å². The molecule has 3 aromatic rings. The lowest BCUT2D eigenvalue weighted by atomic mass is 9.97. The molecule has 1 aromatic carbocycles. The first-order valence-corrected chi connectivity index (χ1v) is 10.3. The van der Waals surface area contributed by atoms with Crippen LogP contribution in [-0.4, -0.2) is 9.55 Å². The zero-order valence-corrected chi connectivity index (χ0v) is 15.0. The summed E-state index contributed by atoms with van der Waals surface area (Å²) in [4.78, 5) is 20.3. The SMILES string of the molecule is O=c1c2c3c(sc2nc2n1CC[C@H](c1ccccc1)S2)CCCC3. The van der Waals surface area contributed by atoms with Crippen LogP contribution in [0, 0.1) is 0 Å². The number of aryl methyl sites for hydroxylation is 2. The topological polar surface area (TPSA) is 34.9 Å². The van der Waals surface area contributed by atoms with E-state index < -0.39 is 0 Å². The first kappa shape index (κ1) is 14.7. The number of thioether (sulfide) groups is 1. The number of rotatable bonds is 1. The molecule has 0 amide bonds. The van der Waals surface area contributed by atoms with Gasteiger partial charge in [-0.1, -0.05) is 42.1 Å². The Morgan fingerprint density at radius 1 is 1.12 bits per heavy atom. The average molecular weight is 355 g/mol. The molecule has 24 heavy (non-hydrogen) atoms. The van der Waals surface area contributed by atoms with Crippen LogP contribution in [0.2, 0.25) is 0 Å². The van der Waals surface area contributed by atoms with E-state index in [1.165, 1.54) is 28.8 Å². The lowest BCUT2D eigenvalue weighted by Crippen LogP contribution is -2.27. The zero-order valence-electron chi connectivity index (χ0n) is 13.3. The molecule has 2 aromatic heterocycles. The van der Waals surface area contributed by atoms with Gasteiger partial charge in [0, 0.05) is 16.7 Å². The van der Waals surface area contributed by atoms with Crippen LogP contribution in [0.25, 0.3) is 10.2 Å². The molecule has 1 aliphatic carbocycles. The number of thiophene rings is 1. The van der Waals surface area contributed by atoms with Crippen molar-refractivity contribution in [3.63, 3.8) is 0 Å². The van der Waals surface area contributed by atoms with E-state index in [0.29, 0.717) is 5.25 Å². The van der Waals surface area contributed by atoms with Gasteiger partial charge < -0.3 is 0 Å². The van der Waals surface area contributed by atoms with Gasteiger partial charge in [0.05, 0.1) is 5.39 Å². The lowest BCUT2D eigenvalue weighted by Gasteiger charge is -2.24. The average Bonchev–Trinajstić information content (AvgIpc) is 3.00. The second-order valence-corrected chi connectivity index (χ2v) is 8.80. The van der Waals surface area contributed by atoms with Crippen LogP contribution in [0.1, 0.15) is 40.5 Å². The maximum Gasteiger partial charge on any atom is 0.263 e. The highest BCUT2D eigenvalue weighted by Gasteiger charge is 2.27. The minimum absolute atomic E-state index is 0.188. The highest BCUT2D eigenvalue weighted by Crippen LogP contribution is 2.42. The minimum atomic E-state index is 0.188. The number of aromatic nitrogens is 2. The van der Waals surface area contributed by atoms with E-state index in [9.17, 15) is 4.79 Å². The second-order valence-electron chi connectivity index (χ2n) is 6.55. The van der Waals surface area contributed by atoms with Gasteiger partial charge in [0.25, 0.3) is 5.56 Å². The fraction of sp³-hybridized carbons (Fsp3) is 0.368. The molecule has 1 aliphatic heterocycles. The van der Waals surface area contributed by atoms with Gasteiger partial charge in [-0.2, -0.15) is 0 Å². The number of benzene rings is 1. The fourth-order valence-corrected chi connectivity index (χ4v) is 6.37. The second kappa shape index (κ2) is 5.74. The number of fused-ring (bicyclic) bond motifs is 4. The van der Waals surface area contributed by atoms with Crippen LogP contribution in [0.4, 0.5) is 0 Å². The zero-order chi connectivity index (χ0) is 16.1. The monoisotopic (exact) mass is 354 g/mol. The molecule has 0 saturated heterocycles. The molecular formula is C19H18N2OS2. The summed E-state index contributed by atoms with van der Waals surface area (Å²) in [5.74, 6) is 0. The van der Waals surface area contributed by atoms with Gasteiger partial charge in [-0.25, -0.2) is 4.98 Å². The molecule has 3 heterocycles. The van der Waals surface area contributed by atoms with Crippen molar-refractivity contribution in [3.05, 3.63) is 56.7 Å². The van der Waals surface area contributed by atoms with Gasteiger partial charge in [-0.05, 0) is 43.2 Å². The molecule has 5 rings (SSSR count). The van der Waals surface area contributed by atoms with E-state index in [4.69, 9.17) is 4.98 Å². The summed E-state index contributed by atoms with van der Waals surface area (Å²) in [6.07, 6.45) is 5.59. The summed E-state index contributed by atoms with van der Waals surface area (Å²) in [5, 5.41) is 2.20. The van der Waals surface area contributed by atoms with Gasteiger partial charge in [0.2, 0.25) is 0 Å². The van der Waals surface area contributed by atoms with Crippen molar-refractivity contribution in [1.82, 2.24) is 9.55 Å². The molecule has 122 valence electrons. The predicted molar refractivity (Wildman–Crippen MR) is 100 cm³/mol. The van der Waals surface area contributed by atoms with Crippen LogP contribution >= 0.6 is 23.1 Å². The highest BCUT2D eigenvalue weighted by molar-refractivity contribution is 7.99. The third kappa shape index (κ3) is 2.25. The van der Waals surface area contributed by atoms with Crippen LogP contribution < -0.4 is 5.56 Å². The highest BCUT2D eigenvalue weighted by atomic mass is 32.2. The number of hydrogen-bond acceptors (Lipinski definition) is 4. The Kier molecular flexibility index (Phi) is 3.52. The molecule has 2 aliphatic rings. The quantitative estimate of drug-likeness (QED) is 0.600. The molecule has 0 fully saturated rings. The van der Waals surface area contributed by atoms with E-state index in [1.807, 2.05) is 10.6 Å². The van der Waals surface area contributed by atoms with Crippen molar-refractivity contribution in [3.8, 4) is 0 Å². The standard InChI is InChI=1S/C19H18N2OS2/c22-18-16-13-8-4-5-9-15(13)23-17(16)20-19-21(18)11-10-14(24-19)12-6-2-1-3-7-12/h1-3,6-7,14H,4-5,8-11H2/t14-/m1/s1. The molecule has 0 spiro atoms. The number of nitrogens with zero attached hydrogens (tertiary/aromatic N) is 2. The Morgan fingerprint density at radius 3 is 2.83 bits per heavy atom. The third-order valence-electron chi connectivity index (χ3n) is 5.07. The molecule has 0 bridgehead atoms. The lowest BCUT2D eigenvalue weighted by molar-refractivity contribution is 0.537. The summed E-state index contributed by atoms with van der Waals surface area (Å²) >= 11 is 3.49. The van der Waals surface area contributed by atoms with E-state index in [-0.39, 0.29) is 5.56 Å². The molecule has 5 heteroatoms. The predicted octanol–water partition coefficient (Wildman–Crippen LogP) is 4.57. The van der Waals surface area contributed by atoms with Crippen LogP contribution in [0.5, 0.6) is 0 Å². The third-order valence-corrected chi connectivity index (χ3v) is 7.57. The van der Waals surface area contributed by atoms with Gasteiger partial charge in [0.15, 0.2) is 5.16 Å².